The predicted octanol–water partition coefficient (Wildman–Crippen LogP) is 1.20. The number of carbonyl (C=O) groups is 2. The van der Waals surface area contributed by atoms with E-state index in [0.29, 0.717) is 24.3 Å². The second-order valence-corrected chi connectivity index (χ2v) is 6.12. The Hall–Kier alpha value is -2.12. The van der Waals surface area contributed by atoms with Crippen LogP contribution >= 0.6 is 0 Å². The number of anilines is 2. The summed E-state index contributed by atoms with van der Waals surface area (Å²) in [5.41, 5.74) is 8.91. The number of likely N-dealkylation sites (tertiary alicyclic amines) is 1. The van der Waals surface area contributed by atoms with Gasteiger partial charge in [0.05, 0.1) is 11.4 Å². The van der Waals surface area contributed by atoms with E-state index < -0.39 is 12.1 Å². The Morgan fingerprint density at radius 1 is 1.35 bits per heavy atom. The van der Waals surface area contributed by atoms with Gasteiger partial charge in [-0.1, -0.05) is 26.0 Å². The van der Waals surface area contributed by atoms with Crippen molar-refractivity contribution in [2.75, 3.05) is 17.6 Å². The van der Waals surface area contributed by atoms with E-state index in [4.69, 9.17) is 5.73 Å². The van der Waals surface area contributed by atoms with Crippen molar-refractivity contribution in [2.24, 2.45) is 5.92 Å². The van der Waals surface area contributed by atoms with Crippen LogP contribution < -0.4 is 16.5 Å². The lowest BCUT2D eigenvalue weighted by Gasteiger charge is -2.29. The molecule has 0 bridgehead atoms. The Bertz CT molecular complexity index is 576. The van der Waals surface area contributed by atoms with E-state index in [1.165, 1.54) is 4.90 Å². The molecule has 0 aromatic heterocycles. The van der Waals surface area contributed by atoms with Crippen LogP contribution in [0.4, 0.5) is 11.4 Å². The van der Waals surface area contributed by atoms with E-state index in [1.807, 2.05) is 13.8 Å². The van der Waals surface area contributed by atoms with Gasteiger partial charge in [0.1, 0.15) is 12.1 Å². The third kappa shape index (κ3) is 3.80. The minimum Gasteiger partial charge on any atom is -0.397 e. The highest BCUT2D eigenvalue weighted by Gasteiger charge is 2.38. The molecule has 1 fully saturated rings. The molecule has 1 aliphatic heterocycles. The van der Waals surface area contributed by atoms with Crippen LogP contribution in [0.5, 0.6) is 0 Å². The molecule has 7 nitrogen and oxygen atoms in total. The number of para-hydroxylation sites is 2. The summed E-state index contributed by atoms with van der Waals surface area (Å²) in [7, 11) is 0. The van der Waals surface area contributed by atoms with Gasteiger partial charge in [-0.2, -0.15) is 5.48 Å². The summed E-state index contributed by atoms with van der Waals surface area (Å²) in [6.45, 7) is 4.18. The van der Waals surface area contributed by atoms with Gasteiger partial charge in [0.15, 0.2) is 0 Å². The van der Waals surface area contributed by atoms with Crippen LogP contribution in [0.25, 0.3) is 0 Å². The number of carbonyl (C=O) groups excluding carboxylic acids is 2. The Morgan fingerprint density at radius 3 is 2.65 bits per heavy atom. The van der Waals surface area contributed by atoms with E-state index in [2.05, 4.69) is 10.8 Å². The van der Waals surface area contributed by atoms with Gasteiger partial charge < -0.3 is 21.2 Å². The molecule has 0 spiro atoms. The minimum absolute atomic E-state index is 0.0819. The van der Waals surface area contributed by atoms with Gasteiger partial charge in [0.25, 0.3) is 0 Å². The molecule has 23 heavy (non-hydrogen) atoms. The first kappa shape index (κ1) is 17.2. The maximum Gasteiger partial charge on any atom is 0.247 e. The van der Waals surface area contributed by atoms with Gasteiger partial charge in [-0.05, 0) is 30.9 Å². The SMILES string of the molecule is CC(C)C(NO)C(=O)N1CCC[C@H]1C(=O)Nc1ccccc1N. The van der Waals surface area contributed by atoms with E-state index in [9.17, 15) is 14.8 Å². The Balaban J connectivity index is 2.10. The van der Waals surface area contributed by atoms with Gasteiger partial charge in [-0.25, -0.2) is 0 Å². The molecule has 1 unspecified atom stereocenters. The number of hydrogen-bond donors (Lipinski definition) is 4. The molecule has 0 saturated carbocycles. The smallest absolute Gasteiger partial charge is 0.247 e. The van der Waals surface area contributed by atoms with Crippen LogP contribution in [0, 0.1) is 5.92 Å². The lowest BCUT2D eigenvalue weighted by Crippen LogP contribution is -2.52. The molecular weight excluding hydrogens is 296 g/mol. The molecule has 1 aromatic carbocycles. The number of amides is 2. The molecule has 2 atom stereocenters. The number of hydroxylamine groups is 1. The molecule has 5 N–H and O–H groups in total. The van der Waals surface area contributed by atoms with Gasteiger partial charge in [-0.15, -0.1) is 0 Å². The van der Waals surface area contributed by atoms with Gasteiger partial charge >= 0.3 is 0 Å². The minimum atomic E-state index is -0.717. The van der Waals surface area contributed by atoms with Crippen LogP contribution in [0.1, 0.15) is 26.7 Å². The lowest BCUT2D eigenvalue weighted by molar-refractivity contribution is -0.142. The van der Waals surface area contributed by atoms with E-state index in [0.717, 1.165) is 6.42 Å². The number of benzene rings is 1. The van der Waals surface area contributed by atoms with Crippen LogP contribution in [-0.4, -0.2) is 40.5 Å². The molecule has 1 saturated heterocycles. The van der Waals surface area contributed by atoms with Crippen molar-refractivity contribution in [3.63, 3.8) is 0 Å². The van der Waals surface area contributed by atoms with E-state index in [1.54, 1.807) is 24.3 Å². The second kappa shape index (κ2) is 7.43. The fourth-order valence-corrected chi connectivity index (χ4v) is 2.80. The molecule has 1 aromatic rings. The number of nitrogens with two attached hydrogens (primary N) is 1. The molecule has 126 valence electrons. The highest BCUT2D eigenvalue weighted by Crippen LogP contribution is 2.23. The maximum absolute atomic E-state index is 12.6. The standard InChI is InChI=1S/C16H24N4O3/c1-10(2)14(19-23)16(22)20-9-5-8-13(20)15(21)18-12-7-4-3-6-11(12)17/h3-4,6-7,10,13-14,19,23H,5,8-9,17H2,1-2H3,(H,18,21)/t13-,14?/m0/s1. The summed E-state index contributed by atoms with van der Waals surface area (Å²) in [4.78, 5) is 26.6. The van der Waals surface area contributed by atoms with Crippen molar-refractivity contribution < 1.29 is 14.8 Å². The fraction of sp³-hybridized carbons (Fsp3) is 0.500. The maximum atomic E-state index is 12.6. The number of hydrogen-bond acceptors (Lipinski definition) is 5. The summed E-state index contributed by atoms with van der Waals surface area (Å²) in [5.74, 6) is -0.600. The van der Waals surface area contributed by atoms with Gasteiger partial charge in [0.2, 0.25) is 11.8 Å². The summed E-state index contributed by atoms with van der Waals surface area (Å²) >= 11 is 0. The van der Waals surface area contributed by atoms with Crippen molar-refractivity contribution in [2.45, 2.75) is 38.8 Å². The fourth-order valence-electron chi connectivity index (χ4n) is 2.80. The Labute approximate surface area is 135 Å². The van der Waals surface area contributed by atoms with Crippen molar-refractivity contribution in [1.29, 1.82) is 0 Å². The van der Waals surface area contributed by atoms with Gasteiger partial charge in [0, 0.05) is 6.54 Å². The van der Waals surface area contributed by atoms with Crippen molar-refractivity contribution >= 4 is 23.2 Å². The van der Waals surface area contributed by atoms with E-state index >= 15 is 0 Å². The third-order valence-corrected chi connectivity index (χ3v) is 4.13. The van der Waals surface area contributed by atoms with Crippen molar-refractivity contribution in [1.82, 2.24) is 10.4 Å². The normalized spacial score (nSPS) is 19.0. The average Bonchev–Trinajstić information content (AvgIpc) is 2.99. The molecule has 2 rings (SSSR count). The Kier molecular flexibility index (Phi) is 5.57. The molecule has 0 radical (unpaired) electrons. The number of nitrogen functional groups attached to an aromatic ring is 1. The zero-order valence-corrected chi connectivity index (χ0v) is 13.5. The molecular formula is C16H24N4O3. The van der Waals surface area contributed by atoms with Gasteiger partial charge in [-0.3, -0.25) is 9.59 Å². The lowest BCUT2D eigenvalue weighted by atomic mass is 10.0. The van der Waals surface area contributed by atoms with Crippen molar-refractivity contribution in [3.05, 3.63) is 24.3 Å². The highest BCUT2D eigenvalue weighted by atomic mass is 16.5. The highest BCUT2D eigenvalue weighted by molar-refractivity contribution is 6.00. The first-order valence-electron chi connectivity index (χ1n) is 7.81. The zero-order valence-electron chi connectivity index (χ0n) is 13.5. The molecule has 2 amide bonds. The third-order valence-electron chi connectivity index (χ3n) is 4.13. The molecule has 0 aliphatic carbocycles. The first-order chi connectivity index (χ1) is 11.0. The number of nitrogens with zero attached hydrogens (tertiary/aromatic N) is 1. The largest absolute Gasteiger partial charge is 0.397 e. The summed E-state index contributed by atoms with van der Waals surface area (Å²) in [5, 5.41) is 12.0. The van der Waals surface area contributed by atoms with Crippen LogP contribution in [0.3, 0.4) is 0 Å². The van der Waals surface area contributed by atoms with E-state index in [-0.39, 0.29) is 17.7 Å². The number of rotatable bonds is 5. The number of nitrogens with one attached hydrogen (secondary N) is 2. The molecule has 1 aliphatic rings. The monoisotopic (exact) mass is 320 g/mol. The summed E-state index contributed by atoms with van der Waals surface area (Å²) < 4.78 is 0. The summed E-state index contributed by atoms with van der Waals surface area (Å²) in [6.07, 6.45) is 1.35. The quantitative estimate of drug-likeness (QED) is 0.482. The Morgan fingerprint density at radius 2 is 2.04 bits per heavy atom. The average molecular weight is 320 g/mol. The van der Waals surface area contributed by atoms with Crippen LogP contribution in [-0.2, 0) is 9.59 Å². The molecule has 7 heteroatoms. The van der Waals surface area contributed by atoms with Crippen molar-refractivity contribution in [3.8, 4) is 0 Å². The van der Waals surface area contributed by atoms with Crippen LogP contribution in [0.15, 0.2) is 24.3 Å². The second-order valence-electron chi connectivity index (χ2n) is 6.12. The molecule has 1 heterocycles. The van der Waals surface area contributed by atoms with Crippen LogP contribution in [0.2, 0.25) is 0 Å². The first-order valence-corrected chi connectivity index (χ1v) is 7.81. The summed E-state index contributed by atoms with van der Waals surface area (Å²) in [6, 6.07) is 5.74. The predicted molar refractivity (Wildman–Crippen MR) is 87.8 cm³/mol. The zero-order chi connectivity index (χ0) is 17.0. The topological polar surface area (TPSA) is 108 Å².